The minimum absolute atomic E-state index is 0.114. The van der Waals surface area contributed by atoms with Gasteiger partial charge in [-0.25, -0.2) is 0 Å². The average Bonchev–Trinajstić information content (AvgIpc) is 2.94. The van der Waals surface area contributed by atoms with E-state index >= 15 is 0 Å². The van der Waals surface area contributed by atoms with Gasteiger partial charge in [-0.05, 0) is 18.9 Å². The molecular weight excluding hydrogens is 276 g/mol. The number of benzene rings is 1. The van der Waals surface area contributed by atoms with Gasteiger partial charge in [0.1, 0.15) is 0 Å². The number of nitrogens with zero attached hydrogens (tertiary/aromatic N) is 1. The van der Waals surface area contributed by atoms with Crippen LogP contribution in [0.15, 0.2) is 18.2 Å². The number of carboxylic acid groups (broad SMARTS) is 1. The van der Waals surface area contributed by atoms with Crippen molar-refractivity contribution < 1.29 is 19.6 Å². The number of hydrogen-bond acceptors (Lipinski definition) is 5. The van der Waals surface area contributed by atoms with Crippen LogP contribution >= 0.6 is 0 Å². The lowest BCUT2D eigenvalue weighted by Gasteiger charge is -2.24. The summed E-state index contributed by atoms with van der Waals surface area (Å²) in [6, 6.07) is 4.43. The Balaban J connectivity index is 2.13. The summed E-state index contributed by atoms with van der Waals surface area (Å²) in [5, 5.41) is 23.3. The zero-order chi connectivity index (χ0) is 15.5. The summed E-state index contributed by atoms with van der Waals surface area (Å²) < 4.78 is 4.99. The quantitative estimate of drug-likeness (QED) is 0.617. The highest BCUT2D eigenvalue weighted by atomic mass is 16.6. The molecule has 0 saturated heterocycles. The fourth-order valence-corrected chi connectivity index (χ4v) is 2.73. The minimum atomic E-state index is -0.790. The fraction of sp³-hybridized carbons (Fsp3) is 0.500. The monoisotopic (exact) mass is 294 g/mol. The molecule has 1 aromatic carbocycles. The highest BCUT2D eigenvalue weighted by Gasteiger charge is 2.41. The molecule has 0 heterocycles. The van der Waals surface area contributed by atoms with E-state index in [1.165, 1.54) is 19.2 Å². The van der Waals surface area contributed by atoms with Crippen LogP contribution in [-0.4, -0.2) is 29.7 Å². The van der Waals surface area contributed by atoms with Crippen molar-refractivity contribution in [3.05, 3.63) is 28.3 Å². The number of nitro groups is 1. The van der Waals surface area contributed by atoms with Gasteiger partial charge in [0.15, 0.2) is 5.75 Å². The second kappa shape index (κ2) is 5.99. The van der Waals surface area contributed by atoms with Crippen molar-refractivity contribution in [3.63, 3.8) is 0 Å². The van der Waals surface area contributed by atoms with Gasteiger partial charge in [0, 0.05) is 24.4 Å². The first-order valence-corrected chi connectivity index (χ1v) is 6.78. The van der Waals surface area contributed by atoms with E-state index in [4.69, 9.17) is 4.74 Å². The molecule has 0 aromatic heterocycles. The van der Waals surface area contributed by atoms with Crippen LogP contribution in [-0.2, 0) is 4.79 Å². The van der Waals surface area contributed by atoms with E-state index < -0.39 is 16.3 Å². The van der Waals surface area contributed by atoms with Crippen molar-refractivity contribution in [2.45, 2.75) is 25.7 Å². The van der Waals surface area contributed by atoms with Gasteiger partial charge in [-0.1, -0.05) is 12.8 Å². The van der Waals surface area contributed by atoms with Crippen molar-refractivity contribution in [1.82, 2.24) is 0 Å². The second-order valence-electron chi connectivity index (χ2n) is 5.29. The second-order valence-corrected chi connectivity index (χ2v) is 5.29. The standard InChI is InChI=1S/C14H18N2O5/c1-21-12-8-10(4-5-11(12)16(19)20)15-9-14(13(17)18)6-2-3-7-14/h4-5,8,15H,2-3,6-7,9H2,1H3,(H,17,18). The Kier molecular flexibility index (Phi) is 4.30. The molecule has 1 aliphatic rings. The maximum absolute atomic E-state index is 11.5. The molecule has 1 aliphatic carbocycles. The van der Waals surface area contributed by atoms with E-state index in [1.807, 2.05) is 0 Å². The van der Waals surface area contributed by atoms with Gasteiger partial charge < -0.3 is 15.2 Å². The van der Waals surface area contributed by atoms with E-state index in [0.717, 1.165) is 12.8 Å². The van der Waals surface area contributed by atoms with Gasteiger partial charge in [0.05, 0.1) is 17.4 Å². The van der Waals surface area contributed by atoms with Crippen LogP contribution in [0, 0.1) is 15.5 Å². The molecule has 1 aromatic rings. The van der Waals surface area contributed by atoms with Crippen molar-refractivity contribution in [1.29, 1.82) is 0 Å². The lowest BCUT2D eigenvalue weighted by Crippen LogP contribution is -2.35. The number of anilines is 1. The number of rotatable bonds is 6. The molecule has 0 unspecified atom stereocenters. The van der Waals surface area contributed by atoms with Gasteiger partial charge in [-0.2, -0.15) is 0 Å². The van der Waals surface area contributed by atoms with Crippen LogP contribution < -0.4 is 10.1 Å². The molecule has 1 fully saturated rings. The predicted octanol–water partition coefficient (Wildman–Crippen LogP) is 2.66. The van der Waals surface area contributed by atoms with Gasteiger partial charge in [-0.15, -0.1) is 0 Å². The Morgan fingerprint density at radius 2 is 2.14 bits per heavy atom. The Hall–Kier alpha value is -2.31. The van der Waals surface area contributed by atoms with Crippen molar-refractivity contribution >= 4 is 17.3 Å². The predicted molar refractivity (Wildman–Crippen MR) is 76.7 cm³/mol. The van der Waals surface area contributed by atoms with Crippen LogP contribution in [0.3, 0.4) is 0 Å². The Labute approximate surface area is 122 Å². The molecule has 0 radical (unpaired) electrons. The maximum Gasteiger partial charge on any atom is 0.311 e. The number of ether oxygens (including phenoxy) is 1. The Morgan fingerprint density at radius 1 is 1.48 bits per heavy atom. The van der Waals surface area contributed by atoms with E-state index in [2.05, 4.69) is 5.32 Å². The average molecular weight is 294 g/mol. The SMILES string of the molecule is COc1cc(NCC2(C(=O)O)CCCC2)ccc1[N+](=O)[O-]. The molecule has 21 heavy (non-hydrogen) atoms. The summed E-state index contributed by atoms with van der Waals surface area (Å²) in [4.78, 5) is 21.8. The maximum atomic E-state index is 11.5. The van der Waals surface area contributed by atoms with Gasteiger partial charge >= 0.3 is 11.7 Å². The number of carboxylic acids is 1. The van der Waals surface area contributed by atoms with Crippen LogP contribution in [0.4, 0.5) is 11.4 Å². The Bertz CT molecular complexity index is 552. The van der Waals surface area contributed by atoms with Gasteiger partial charge in [0.2, 0.25) is 0 Å². The first kappa shape index (κ1) is 15.1. The van der Waals surface area contributed by atoms with E-state index in [-0.39, 0.29) is 11.4 Å². The van der Waals surface area contributed by atoms with Crippen LogP contribution in [0.1, 0.15) is 25.7 Å². The summed E-state index contributed by atoms with van der Waals surface area (Å²) in [6.45, 7) is 0.309. The number of aliphatic carboxylic acids is 1. The Morgan fingerprint density at radius 3 is 2.67 bits per heavy atom. The fourth-order valence-electron chi connectivity index (χ4n) is 2.73. The molecule has 0 aliphatic heterocycles. The molecule has 2 N–H and O–H groups in total. The third kappa shape index (κ3) is 3.07. The summed E-state index contributed by atoms with van der Waals surface area (Å²) in [5.74, 6) is -0.637. The number of carbonyl (C=O) groups is 1. The molecule has 7 nitrogen and oxygen atoms in total. The number of hydrogen-bond donors (Lipinski definition) is 2. The highest BCUT2D eigenvalue weighted by Crippen LogP contribution is 2.39. The molecular formula is C14H18N2O5. The lowest BCUT2D eigenvalue weighted by atomic mass is 9.86. The first-order chi connectivity index (χ1) is 9.98. The van der Waals surface area contributed by atoms with E-state index in [0.29, 0.717) is 25.1 Å². The van der Waals surface area contributed by atoms with Gasteiger partial charge in [-0.3, -0.25) is 14.9 Å². The third-order valence-corrected chi connectivity index (χ3v) is 4.02. The van der Waals surface area contributed by atoms with Crippen LogP contribution in [0.5, 0.6) is 5.75 Å². The molecule has 114 valence electrons. The number of methoxy groups -OCH3 is 1. The number of nitrogens with one attached hydrogen (secondary N) is 1. The van der Waals surface area contributed by atoms with Crippen LogP contribution in [0.2, 0.25) is 0 Å². The topological polar surface area (TPSA) is 102 Å². The smallest absolute Gasteiger partial charge is 0.311 e. The summed E-state index contributed by atoms with van der Waals surface area (Å²) >= 11 is 0. The highest BCUT2D eigenvalue weighted by molar-refractivity contribution is 5.76. The number of nitro benzene ring substituents is 1. The van der Waals surface area contributed by atoms with Gasteiger partial charge in [0.25, 0.3) is 0 Å². The minimum Gasteiger partial charge on any atom is -0.490 e. The first-order valence-electron chi connectivity index (χ1n) is 6.78. The lowest BCUT2D eigenvalue weighted by molar-refractivity contribution is -0.385. The molecule has 0 spiro atoms. The molecule has 0 bridgehead atoms. The summed E-state index contributed by atoms with van der Waals surface area (Å²) in [5.41, 5.74) is -0.239. The molecule has 7 heteroatoms. The van der Waals surface area contributed by atoms with Crippen LogP contribution in [0.25, 0.3) is 0 Å². The van der Waals surface area contributed by atoms with Crippen molar-refractivity contribution in [3.8, 4) is 5.75 Å². The normalized spacial score (nSPS) is 16.4. The zero-order valence-electron chi connectivity index (χ0n) is 11.8. The summed E-state index contributed by atoms with van der Waals surface area (Å²) in [7, 11) is 1.36. The molecule has 0 atom stereocenters. The van der Waals surface area contributed by atoms with Crippen molar-refractivity contribution in [2.75, 3.05) is 19.0 Å². The van der Waals surface area contributed by atoms with Crippen molar-refractivity contribution in [2.24, 2.45) is 5.41 Å². The third-order valence-electron chi connectivity index (χ3n) is 4.02. The zero-order valence-corrected chi connectivity index (χ0v) is 11.8. The van der Waals surface area contributed by atoms with E-state index in [1.54, 1.807) is 6.07 Å². The molecule has 0 amide bonds. The van der Waals surface area contributed by atoms with E-state index in [9.17, 15) is 20.0 Å². The molecule has 1 saturated carbocycles. The largest absolute Gasteiger partial charge is 0.490 e. The summed E-state index contributed by atoms with van der Waals surface area (Å²) in [6.07, 6.45) is 3.13. The molecule has 2 rings (SSSR count).